The van der Waals surface area contributed by atoms with Gasteiger partial charge in [-0.05, 0) is 18.2 Å². The number of rotatable bonds is 6. The Morgan fingerprint density at radius 3 is 2.74 bits per heavy atom. The topological polar surface area (TPSA) is 47.3 Å². The fourth-order valence-electron chi connectivity index (χ4n) is 1.69. The molecule has 0 spiro atoms. The Labute approximate surface area is 118 Å². The molecule has 0 amide bonds. The molecule has 2 aromatic rings. The first-order chi connectivity index (χ1) is 9.29. The van der Waals surface area contributed by atoms with Gasteiger partial charge in [-0.25, -0.2) is 0 Å². The summed E-state index contributed by atoms with van der Waals surface area (Å²) >= 11 is 6.08. The molecule has 0 bridgehead atoms. The van der Waals surface area contributed by atoms with Crippen molar-refractivity contribution in [3.63, 3.8) is 0 Å². The molecule has 2 aromatic carbocycles. The van der Waals surface area contributed by atoms with E-state index in [2.05, 4.69) is 5.32 Å². The molecular formula is C15H17ClN2O. The first-order valence-corrected chi connectivity index (χ1v) is 6.57. The van der Waals surface area contributed by atoms with Crippen molar-refractivity contribution in [2.75, 3.05) is 18.4 Å². The molecule has 2 rings (SSSR count). The molecule has 0 aliphatic rings. The molecule has 0 heterocycles. The van der Waals surface area contributed by atoms with Gasteiger partial charge in [0, 0.05) is 35.4 Å². The van der Waals surface area contributed by atoms with Crippen LogP contribution in [-0.4, -0.2) is 13.1 Å². The summed E-state index contributed by atoms with van der Waals surface area (Å²) in [6, 6.07) is 15.5. The van der Waals surface area contributed by atoms with Crippen molar-refractivity contribution in [1.82, 2.24) is 0 Å². The maximum absolute atomic E-state index is 6.08. The van der Waals surface area contributed by atoms with Gasteiger partial charge in [-0.15, -0.1) is 0 Å². The van der Waals surface area contributed by atoms with E-state index >= 15 is 0 Å². The van der Waals surface area contributed by atoms with Crippen molar-refractivity contribution >= 4 is 17.3 Å². The quantitative estimate of drug-likeness (QED) is 0.851. The summed E-state index contributed by atoms with van der Waals surface area (Å²) in [6.07, 6.45) is 0. The Morgan fingerprint density at radius 2 is 1.95 bits per heavy atom. The van der Waals surface area contributed by atoms with E-state index in [0.29, 0.717) is 13.2 Å². The van der Waals surface area contributed by atoms with E-state index in [-0.39, 0.29) is 0 Å². The number of hydrogen-bond donors (Lipinski definition) is 2. The van der Waals surface area contributed by atoms with Gasteiger partial charge in [0.15, 0.2) is 0 Å². The van der Waals surface area contributed by atoms with Crippen molar-refractivity contribution in [2.45, 2.75) is 6.61 Å². The normalized spacial score (nSPS) is 10.2. The van der Waals surface area contributed by atoms with Crippen LogP contribution in [0.4, 0.5) is 5.69 Å². The standard InChI is InChI=1S/C15H17ClN2O/c16-15-7-2-1-4-12(15)11-19-14-6-3-5-13(10-14)18-9-8-17/h1-7,10,18H,8-9,11,17H2. The van der Waals surface area contributed by atoms with Gasteiger partial charge in [0.2, 0.25) is 0 Å². The highest BCUT2D eigenvalue weighted by Crippen LogP contribution is 2.21. The second-order valence-electron chi connectivity index (χ2n) is 4.12. The summed E-state index contributed by atoms with van der Waals surface area (Å²) in [4.78, 5) is 0. The third-order valence-corrected chi connectivity index (χ3v) is 3.03. The first kappa shape index (κ1) is 13.7. The average molecular weight is 277 g/mol. The fourth-order valence-corrected chi connectivity index (χ4v) is 1.88. The number of halogens is 1. The van der Waals surface area contributed by atoms with Crippen molar-refractivity contribution in [3.8, 4) is 5.75 Å². The van der Waals surface area contributed by atoms with Gasteiger partial charge in [0.05, 0.1) is 0 Å². The van der Waals surface area contributed by atoms with Crippen LogP contribution in [0.1, 0.15) is 5.56 Å². The molecule has 3 N–H and O–H groups in total. The first-order valence-electron chi connectivity index (χ1n) is 6.20. The van der Waals surface area contributed by atoms with Crippen LogP contribution in [-0.2, 0) is 6.61 Å². The molecule has 4 heteroatoms. The highest BCUT2D eigenvalue weighted by Gasteiger charge is 2.01. The monoisotopic (exact) mass is 276 g/mol. The summed E-state index contributed by atoms with van der Waals surface area (Å²) in [5, 5.41) is 3.94. The van der Waals surface area contributed by atoms with E-state index in [1.807, 2.05) is 48.5 Å². The van der Waals surface area contributed by atoms with Gasteiger partial charge >= 0.3 is 0 Å². The maximum Gasteiger partial charge on any atom is 0.121 e. The minimum absolute atomic E-state index is 0.458. The summed E-state index contributed by atoms with van der Waals surface area (Å²) in [6.45, 7) is 1.80. The number of nitrogens with two attached hydrogens (primary N) is 1. The van der Waals surface area contributed by atoms with Crippen LogP contribution < -0.4 is 15.8 Å². The smallest absolute Gasteiger partial charge is 0.121 e. The minimum Gasteiger partial charge on any atom is -0.489 e. The van der Waals surface area contributed by atoms with Gasteiger partial charge in [-0.1, -0.05) is 35.9 Å². The summed E-state index contributed by atoms with van der Waals surface area (Å²) in [5.74, 6) is 0.807. The molecule has 0 aromatic heterocycles. The predicted octanol–water partition coefficient (Wildman–Crippen LogP) is 3.29. The van der Waals surface area contributed by atoms with E-state index in [9.17, 15) is 0 Å². The van der Waals surface area contributed by atoms with Crippen molar-refractivity contribution in [3.05, 3.63) is 59.1 Å². The summed E-state index contributed by atoms with van der Waals surface area (Å²) < 4.78 is 5.74. The Hall–Kier alpha value is -1.71. The van der Waals surface area contributed by atoms with Crippen LogP contribution in [0.2, 0.25) is 5.02 Å². The minimum atomic E-state index is 0.458. The molecule has 0 aliphatic carbocycles. The lowest BCUT2D eigenvalue weighted by Gasteiger charge is -2.10. The van der Waals surface area contributed by atoms with Crippen LogP contribution in [0.15, 0.2) is 48.5 Å². The average Bonchev–Trinajstić information content (AvgIpc) is 2.45. The van der Waals surface area contributed by atoms with Crippen LogP contribution in [0.25, 0.3) is 0 Å². The van der Waals surface area contributed by atoms with Gasteiger partial charge in [0.25, 0.3) is 0 Å². The van der Waals surface area contributed by atoms with Crippen LogP contribution >= 0.6 is 11.6 Å². The molecule has 0 atom stereocenters. The zero-order chi connectivity index (χ0) is 13.5. The molecular weight excluding hydrogens is 260 g/mol. The fraction of sp³-hybridized carbons (Fsp3) is 0.200. The second kappa shape index (κ2) is 7.02. The van der Waals surface area contributed by atoms with Gasteiger partial charge in [-0.2, -0.15) is 0 Å². The largest absolute Gasteiger partial charge is 0.489 e. The van der Waals surface area contributed by atoms with E-state index in [1.165, 1.54) is 0 Å². The Morgan fingerprint density at radius 1 is 1.11 bits per heavy atom. The highest BCUT2D eigenvalue weighted by molar-refractivity contribution is 6.31. The number of hydrogen-bond acceptors (Lipinski definition) is 3. The molecule has 0 fully saturated rings. The molecule has 0 aliphatic heterocycles. The number of ether oxygens (including phenoxy) is 1. The third-order valence-electron chi connectivity index (χ3n) is 2.66. The zero-order valence-electron chi connectivity index (χ0n) is 10.6. The molecule has 0 unspecified atom stereocenters. The summed E-state index contributed by atoms with van der Waals surface area (Å²) in [7, 11) is 0. The molecule has 100 valence electrons. The van der Waals surface area contributed by atoms with E-state index in [1.54, 1.807) is 0 Å². The van der Waals surface area contributed by atoms with Crippen molar-refractivity contribution in [2.24, 2.45) is 5.73 Å². The third kappa shape index (κ3) is 4.16. The second-order valence-corrected chi connectivity index (χ2v) is 4.53. The number of nitrogens with one attached hydrogen (secondary N) is 1. The van der Waals surface area contributed by atoms with Crippen molar-refractivity contribution < 1.29 is 4.74 Å². The lowest BCUT2D eigenvalue weighted by molar-refractivity contribution is 0.306. The lowest BCUT2D eigenvalue weighted by atomic mass is 10.2. The summed E-state index contributed by atoms with van der Waals surface area (Å²) in [5.41, 5.74) is 7.44. The Balaban J connectivity index is 1.98. The molecule has 0 radical (unpaired) electrons. The molecule has 0 saturated heterocycles. The van der Waals surface area contributed by atoms with Gasteiger partial charge in [0.1, 0.15) is 12.4 Å². The Bertz CT molecular complexity index is 531. The number of benzene rings is 2. The van der Waals surface area contributed by atoms with Gasteiger partial charge < -0.3 is 15.8 Å². The van der Waals surface area contributed by atoms with Crippen LogP contribution in [0.5, 0.6) is 5.75 Å². The molecule has 0 saturated carbocycles. The SMILES string of the molecule is NCCNc1cccc(OCc2ccccc2Cl)c1. The van der Waals surface area contributed by atoms with E-state index in [4.69, 9.17) is 22.1 Å². The van der Waals surface area contributed by atoms with Crippen molar-refractivity contribution in [1.29, 1.82) is 0 Å². The molecule has 3 nitrogen and oxygen atoms in total. The van der Waals surface area contributed by atoms with Crippen LogP contribution in [0, 0.1) is 0 Å². The predicted molar refractivity (Wildman–Crippen MR) is 79.8 cm³/mol. The zero-order valence-corrected chi connectivity index (χ0v) is 11.4. The lowest BCUT2D eigenvalue weighted by Crippen LogP contribution is -2.12. The molecule has 19 heavy (non-hydrogen) atoms. The highest BCUT2D eigenvalue weighted by atomic mass is 35.5. The van der Waals surface area contributed by atoms with Crippen LogP contribution in [0.3, 0.4) is 0 Å². The van der Waals surface area contributed by atoms with E-state index < -0.39 is 0 Å². The van der Waals surface area contributed by atoms with E-state index in [0.717, 1.165) is 28.6 Å². The Kier molecular flexibility index (Phi) is 5.07. The maximum atomic E-state index is 6.08. The van der Waals surface area contributed by atoms with Gasteiger partial charge in [-0.3, -0.25) is 0 Å². The number of anilines is 1.